The molecule has 83 heavy (non-hydrogen) atoms. The standard InChI is InChI=1S/C77H126O6/c1-4-7-10-13-16-19-22-25-27-29-31-33-35-37-38-40-41-43-45-47-49-52-55-58-61-64-67-70-76(79)82-73-74(72-81-75(78)69-66-63-60-57-54-51-24-21-18-15-12-9-6-3)83-77(80)71-68-65-62-59-56-53-50-48-46-44-42-39-36-34-32-30-28-26-23-20-17-14-11-8-5-2/h7-8,10-11,16-17,19-20,25-28,31-34,37-39,41-43,46,48,74H,4-6,9,12-15,18,21-24,29-30,35-36,40,44-45,47,49-73H2,1-3H3/b10-7-,11-8-,19-16-,20-17-,27-25-,28-26-,33-31-,34-32-,38-37-,42-39-,43-41-,48-46-. The Morgan fingerprint density at radius 3 is 0.735 bits per heavy atom. The van der Waals surface area contributed by atoms with E-state index in [0.29, 0.717) is 19.3 Å². The molecule has 0 aliphatic heterocycles. The number of rotatable bonds is 61. The summed E-state index contributed by atoms with van der Waals surface area (Å²) < 4.78 is 17.0. The van der Waals surface area contributed by atoms with E-state index in [0.717, 1.165) is 154 Å². The van der Waals surface area contributed by atoms with Gasteiger partial charge in [-0.3, -0.25) is 14.4 Å². The van der Waals surface area contributed by atoms with Crippen molar-refractivity contribution in [2.24, 2.45) is 0 Å². The van der Waals surface area contributed by atoms with E-state index in [4.69, 9.17) is 14.2 Å². The third-order valence-electron chi connectivity index (χ3n) is 14.3. The van der Waals surface area contributed by atoms with Gasteiger partial charge in [0.1, 0.15) is 13.2 Å². The van der Waals surface area contributed by atoms with Crippen LogP contribution in [0.15, 0.2) is 146 Å². The fraction of sp³-hybridized carbons (Fsp3) is 0.649. The second-order valence-electron chi connectivity index (χ2n) is 22.3. The zero-order valence-corrected chi connectivity index (χ0v) is 53.9. The molecule has 6 nitrogen and oxygen atoms in total. The first-order chi connectivity index (χ1) is 41.0. The topological polar surface area (TPSA) is 78.9 Å². The molecule has 470 valence electrons. The molecular formula is C77H126O6. The summed E-state index contributed by atoms with van der Waals surface area (Å²) in [5, 5.41) is 0. The van der Waals surface area contributed by atoms with Gasteiger partial charge in [0.05, 0.1) is 0 Å². The number of esters is 3. The van der Waals surface area contributed by atoms with Gasteiger partial charge in [-0.1, -0.05) is 308 Å². The van der Waals surface area contributed by atoms with Crippen LogP contribution >= 0.6 is 0 Å². The van der Waals surface area contributed by atoms with Crippen molar-refractivity contribution in [1.29, 1.82) is 0 Å². The molecule has 0 aromatic heterocycles. The molecule has 6 heteroatoms. The maximum absolute atomic E-state index is 13.0. The number of unbranched alkanes of at least 4 members (excludes halogenated alkanes) is 26. The van der Waals surface area contributed by atoms with Crippen LogP contribution in [0.1, 0.15) is 303 Å². The summed E-state index contributed by atoms with van der Waals surface area (Å²) in [4.78, 5) is 38.4. The van der Waals surface area contributed by atoms with Crippen molar-refractivity contribution in [2.45, 2.75) is 309 Å². The van der Waals surface area contributed by atoms with Crippen LogP contribution in [-0.2, 0) is 28.6 Å². The summed E-state index contributed by atoms with van der Waals surface area (Å²) in [6, 6.07) is 0. The quantitative estimate of drug-likeness (QED) is 0.0261. The molecule has 0 aliphatic carbocycles. The normalized spacial score (nSPS) is 13.0. The zero-order chi connectivity index (χ0) is 59.9. The molecule has 0 fully saturated rings. The summed E-state index contributed by atoms with van der Waals surface area (Å²) in [7, 11) is 0. The summed E-state index contributed by atoms with van der Waals surface area (Å²) in [5.74, 6) is -0.907. The molecule has 0 saturated carbocycles. The molecule has 0 saturated heterocycles. The van der Waals surface area contributed by atoms with Crippen molar-refractivity contribution in [3.8, 4) is 0 Å². The third kappa shape index (κ3) is 68.0. The minimum atomic E-state index is -0.796. The average Bonchev–Trinajstić information content (AvgIpc) is 3.49. The molecule has 0 aromatic rings. The van der Waals surface area contributed by atoms with Crippen LogP contribution in [-0.4, -0.2) is 37.2 Å². The lowest BCUT2D eigenvalue weighted by atomic mass is 10.0. The van der Waals surface area contributed by atoms with E-state index in [9.17, 15) is 14.4 Å². The fourth-order valence-corrected chi connectivity index (χ4v) is 9.27. The number of carbonyl (C=O) groups is 3. The highest BCUT2D eigenvalue weighted by Gasteiger charge is 2.19. The molecule has 0 N–H and O–H groups in total. The van der Waals surface area contributed by atoms with E-state index in [1.54, 1.807) is 0 Å². The van der Waals surface area contributed by atoms with Crippen molar-refractivity contribution in [3.63, 3.8) is 0 Å². The monoisotopic (exact) mass is 1150 g/mol. The van der Waals surface area contributed by atoms with Gasteiger partial charge in [0.2, 0.25) is 0 Å². The third-order valence-corrected chi connectivity index (χ3v) is 14.3. The molecular weight excluding hydrogens is 1020 g/mol. The Morgan fingerprint density at radius 2 is 0.470 bits per heavy atom. The van der Waals surface area contributed by atoms with E-state index in [1.807, 2.05) is 0 Å². The smallest absolute Gasteiger partial charge is 0.306 e. The number of ether oxygens (including phenoxy) is 3. The van der Waals surface area contributed by atoms with Crippen LogP contribution in [0.25, 0.3) is 0 Å². The van der Waals surface area contributed by atoms with E-state index < -0.39 is 6.10 Å². The van der Waals surface area contributed by atoms with Gasteiger partial charge in [-0.25, -0.2) is 0 Å². The lowest BCUT2D eigenvalue weighted by Crippen LogP contribution is -2.30. The Hall–Kier alpha value is -4.71. The summed E-state index contributed by atoms with van der Waals surface area (Å²) >= 11 is 0. The SMILES string of the molecule is CC/C=C\C/C=C\C/C=C\C/C=C\C/C=C\C/C=C\CCCCCCCCCCC(=O)OCC(COC(=O)CCCCCCCCCCCCCCC)OC(=O)CCCCCCCC/C=C\C/C=C\C/C=C\C/C=C\C/C=C\C/C=C\CC. The van der Waals surface area contributed by atoms with Crippen LogP contribution in [0.3, 0.4) is 0 Å². The highest BCUT2D eigenvalue weighted by molar-refractivity contribution is 5.71. The largest absolute Gasteiger partial charge is 0.462 e. The van der Waals surface area contributed by atoms with E-state index in [2.05, 4.69) is 167 Å². The highest BCUT2D eigenvalue weighted by Crippen LogP contribution is 2.16. The Bertz CT molecular complexity index is 1800. The number of hydrogen-bond donors (Lipinski definition) is 0. The Kier molecular flexibility index (Phi) is 65.8. The molecule has 0 amide bonds. The van der Waals surface area contributed by atoms with Crippen molar-refractivity contribution in [2.75, 3.05) is 13.2 Å². The maximum Gasteiger partial charge on any atom is 0.306 e. The van der Waals surface area contributed by atoms with Gasteiger partial charge in [0.25, 0.3) is 0 Å². The molecule has 1 unspecified atom stereocenters. The van der Waals surface area contributed by atoms with Crippen LogP contribution in [0, 0.1) is 0 Å². The van der Waals surface area contributed by atoms with Crippen LogP contribution in [0.4, 0.5) is 0 Å². The van der Waals surface area contributed by atoms with Crippen molar-refractivity contribution >= 4 is 17.9 Å². The molecule has 0 rings (SSSR count). The van der Waals surface area contributed by atoms with Crippen molar-refractivity contribution in [1.82, 2.24) is 0 Å². The lowest BCUT2D eigenvalue weighted by molar-refractivity contribution is -0.167. The average molecular weight is 1150 g/mol. The Morgan fingerprint density at radius 1 is 0.253 bits per heavy atom. The number of allylic oxidation sites excluding steroid dienone is 24. The molecule has 0 spiro atoms. The summed E-state index contributed by atoms with van der Waals surface area (Å²) in [6.07, 6.45) is 100.0. The van der Waals surface area contributed by atoms with Gasteiger partial charge in [-0.2, -0.15) is 0 Å². The lowest BCUT2D eigenvalue weighted by Gasteiger charge is -2.18. The van der Waals surface area contributed by atoms with E-state index in [-0.39, 0.29) is 31.1 Å². The van der Waals surface area contributed by atoms with Crippen LogP contribution < -0.4 is 0 Å². The van der Waals surface area contributed by atoms with Crippen molar-refractivity contribution in [3.05, 3.63) is 146 Å². The number of hydrogen-bond acceptors (Lipinski definition) is 6. The Labute approximate surface area is 512 Å². The molecule has 0 aliphatic rings. The minimum Gasteiger partial charge on any atom is -0.462 e. The first-order valence-electron chi connectivity index (χ1n) is 34.3. The van der Waals surface area contributed by atoms with Gasteiger partial charge in [-0.15, -0.1) is 0 Å². The predicted molar refractivity (Wildman–Crippen MR) is 362 cm³/mol. The van der Waals surface area contributed by atoms with E-state index >= 15 is 0 Å². The summed E-state index contributed by atoms with van der Waals surface area (Å²) in [5.41, 5.74) is 0. The van der Waals surface area contributed by atoms with Gasteiger partial charge in [-0.05, 0) is 122 Å². The highest BCUT2D eigenvalue weighted by atomic mass is 16.6. The van der Waals surface area contributed by atoms with Gasteiger partial charge < -0.3 is 14.2 Å². The molecule has 1 atom stereocenters. The van der Waals surface area contributed by atoms with Gasteiger partial charge in [0.15, 0.2) is 6.10 Å². The minimum absolute atomic E-state index is 0.0888. The van der Waals surface area contributed by atoms with Gasteiger partial charge >= 0.3 is 17.9 Å². The Balaban J connectivity index is 4.39. The fourth-order valence-electron chi connectivity index (χ4n) is 9.27. The summed E-state index contributed by atoms with van der Waals surface area (Å²) in [6.45, 7) is 6.41. The zero-order valence-electron chi connectivity index (χ0n) is 53.9. The predicted octanol–water partition coefficient (Wildman–Crippen LogP) is 23.9. The molecule has 0 bridgehead atoms. The second kappa shape index (κ2) is 69.8. The second-order valence-corrected chi connectivity index (χ2v) is 22.3. The number of carbonyl (C=O) groups excluding carboxylic acids is 3. The van der Waals surface area contributed by atoms with Gasteiger partial charge in [0, 0.05) is 19.3 Å². The van der Waals surface area contributed by atoms with E-state index in [1.165, 1.54) is 109 Å². The van der Waals surface area contributed by atoms with Crippen molar-refractivity contribution < 1.29 is 28.6 Å². The molecule has 0 aromatic carbocycles. The van der Waals surface area contributed by atoms with Crippen LogP contribution in [0.5, 0.6) is 0 Å². The first kappa shape index (κ1) is 78.3. The molecule has 0 radical (unpaired) electrons. The van der Waals surface area contributed by atoms with Crippen LogP contribution in [0.2, 0.25) is 0 Å². The maximum atomic E-state index is 13.0. The molecule has 0 heterocycles. The first-order valence-corrected chi connectivity index (χ1v) is 34.3.